The monoisotopic (exact) mass is 360 g/mol. The maximum Gasteiger partial charge on any atom is 0.387 e. The van der Waals surface area contributed by atoms with Crippen molar-refractivity contribution >= 4 is 5.78 Å². The van der Waals surface area contributed by atoms with E-state index in [9.17, 15) is 18.8 Å². The minimum atomic E-state index is -2.93. The first-order chi connectivity index (χ1) is 12.2. The number of ketones is 1. The molecule has 0 saturated carbocycles. The molecule has 0 saturated heterocycles. The Labute approximate surface area is 149 Å². The maximum atomic E-state index is 12.8. The smallest absolute Gasteiger partial charge is 0.387 e. The van der Waals surface area contributed by atoms with Gasteiger partial charge >= 0.3 is 6.61 Å². The Morgan fingerprint density at radius 2 is 1.96 bits per heavy atom. The molecule has 2 N–H and O–H groups in total. The number of allylic oxidation sites excluding steroid dienone is 3. The lowest BCUT2D eigenvalue weighted by molar-refractivity contribution is -0.119. The van der Waals surface area contributed by atoms with E-state index in [-0.39, 0.29) is 28.4 Å². The molecule has 5 nitrogen and oxygen atoms in total. The molecule has 1 aliphatic carbocycles. The quantitative estimate of drug-likeness (QED) is 0.887. The minimum absolute atomic E-state index is 0.00317. The maximum absolute atomic E-state index is 12.8. The van der Waals surface area contributed by atoms with Crippen LogP contribution in [0.4, 0.5) is 8.78 Å². The number of carbonyl (C=O) groups is 1. The van der Waals surface area contributed by atoms with Gasteiger partial charge in [-0.3, -0.25) is 4.79 Å². The van der Waals surface area contributed by atoms with Crippen LogP contribution in [0.2, 0.25) is 0 Å². The number of Topliss-reactive ketones (excluding diaryl/α,β-unsaturated/α-hetero) is 1. The third-order valence-corrected chi connectivity index (χ3v) is 4.51. The molecule has 2 aliphatic rings. The number of halogens is 2. The van der Waals surface area contributed by atoms with Gasteiger partial charge in [-0.1, -0.05) is 26.0 Å². The zero-order valence-electron chi connectivity index (χ0n) is 14.4. The van der Waals surface area contributed by atoms with Crippen molar-refractivity contribution in [2.45, 2.75) is 39.2 Å². The van der Waals surface area contributed by atoms with Gasteiger partial charge in [0.2, 0.25) is 5.88 Å². The number of hydrogen-bond acceptors (Lipinski definition) is 5. The fraction of sp³-hybridized carbons (Fsp3) is 0.368. The Kier molecular flexibility index (Phi) is 4.45. The molecule has 1 heterocycles. The molecule has 1 atom stereocenters. The van der Waals surface area contributed by atoms with Crippen LogP contribution < -0.4 is 10.5 Å². The highest BCUT2D eigenvalue weighted by atomic mass is 19.3. The second kappa shape index (κ2) is 6.45. The molecule has 0 amide bonds. The molecule has 26 heavy (non-hydrogen) atoms. The summed E-state index contributed by atoms with van der Waals surface area (Å²) >= 11 is 0. The molecule has 136 valence electrons. The Morgan fingerprint density at radius 1 is 1.31 bits per heavy atom. The van der Waals surface area contributed by atoms with Crippen molar-refractivity contribution in [3.63, 3.8) is 0 Å². The number of ether oxygens (including phenoxy) is 2. The van der Waals surface area contributed by atoms with Crippen molar-refractivity contribution in [1.82, 2.24) is 0 Å². The van der Waals surface area contributed by atoms with E-state index in [0.29, 0.717) is 29.7 Å². The average Bonchev–Trinajstić information content (AvgIpc) is 2.52. The van der Waals surface area contributed by atoms with E-state index in [1.54, 1.807) is 12.1 Å². The Bertz CT molecular complexity index is 849. The molecular weight excluding hydrogens is 342 g/mol. The van der Waals surface area contributed by atoms with Crippen LogP contribution in [0.5, 0.6) is 5.75 Å². The van der Waals surface area contributed by atoms with Gasteiger partial charge < -0.3 is 15.2 Å². The summed E-state index contributed by atoms with van der Waals surface area (Å²) in [6, 6.07) is 7.87. The SMILES string of the molecule is CC1(C)CC(=O)C2=C(C1)OC(N)=C(C#N)[C@@H]2c1ccc(OC(F)F)cc1. The first kappa shape index (κ1) is 17.9. The zero-order valence-corrected chi connectivity index (χ0v) is 14.4. The molecule has 0 unspecified atom stereocenters. The van der Waals surface area contributed by atoms with Crippen LogP contribution in [0.25, 0.3) is 0 Å². The second-order valence-corrected chi connectivity index (χ2v) is 7.15. The zero-order chi connectivity index (χ0) is 19.1. The summed E-state index contributed by atoms with van der Waals surface area (Å²) < 4.78 is 34.6. The lowest BCUT2D eigenvalue weighted by Gasteiger charge is -2.37. The molecule has 0 aromatic heterocycles. The van der Waals surface area contributed by atoms with Crippen molar-refractivity contribution in [1.29, 1.82) is 5.26 Å². The highest BCUT2D eigenvalue weighted by molar-refractivity contribution is 6.00. The Morgan fingerprint density at radius 3 is 2.54 bits per heavy atom. The van der Waals surface area contributed by atoms with Crippen LogP contribution in [0, 0.1) is 16.7 Å². The molecule has 0 radical (unpaired) electrons. The molecule has 3 rings (SSSR count). The Hall–Kier alpha value is -2.88. The van der Waals surface area contributed by atoms with Gasteiger partial charge in [-0.2, -0.15) is 14.0 Å². The number of benzene rings is 1. The normalized spacial score (nSPS) is 22.0. The fourth-order valence-corrected chi connectivity index (χ4v) is 3.46. The van der Waals surface area contributed by atoms with E-state index < -0.39 is 12.5 Å². The number of hydrogen-bond donors (Lipinski definition) is 1. The second-order valence-electron chi connectivity index (χ2n) is 7.15. The van der Waals surface area contributed by atoms with Crippen molar-refractivity contribution in [2.75, 3.05) is 0 Å². The van der Waals surface area contributed by atoms with Gasteiger partial charge in [0.15, 0.2) is 5.78 Å². The highest BCUT2D eigenvalue weighted by Crippen LogP contribution is 2.47. The van der Waals surface area contributed by atoms with Gasteiger partial charge in [-0.25, -0.2) is 0 Å². The van der Waals surface area contributed by atoms with E-state index in [2.05, 4.69) is 4.74 Å². The molecular formula is C19H18F2N2O3. The fourth-order valence-electron chi connectivity index (χ4n) is 3.46. The summed E-state index contributed by atoms with van der Waals surface area (Å²) in [6.45, 7) is 0.998. The van der Waals surface area contributed by atoms with E-state index in [1.165, 1.54) is 12.1 Å². The van der Waals surface area contributed by atoms with Crippen molar-refractivity contribution in [2.24, 2.45) is 11.1 Å². The molecule has 1 aliphatic heterocycles. The third kappa shape index (κ3) is 3.27. The number of alkyl halides is 2. The summed E-state index contributed by atoms with van der Waals surface area (Å²) in [5.41, 5.74) is 6.80. The van der Waals surface area contributed by atoms with Gasteiger partial charge in [0.1, 0.15) is 23.2 Å². The van der Waals surface area contributed by atoms with Crippen LogP contribution in [0.1, 0.15) is 38.2 Å². The topological polar surface area (TPSA) is 85.3 Å². The third-order valence-electron chi connectivity index (χ3n) is 4.51. The summed E-state index contributed by atoms with van der Waals surface area (Å²) in [5.74, 6) is -0.339. The predicted octanol–water partition coefficient (Wildman–Crippen LogP) is 3.74. The summed E-state index contributed by atoms with van der Waals surface area (Å²) in [4.78, 5) is 12.8. The van der Waals surface area contributed by atoms with Crippen LogP contribution in [0.3, 0.4) is 0 Å². The van der Waals surface area contributed by atoms with Gasteiger partial charge in [0.05, 0.1) is 5.92 Å². The number of nitrogens with zero attached hydrogens (tertiary/aromatic N) is 1. The van der Waals surface area contributed by atoms with Crippen molar-refractivity contribution in [3.05, 3.63) is 52.6 Å². The van der Waals surface area contributed by atoms with Crippen molar-refractivity contribution < 1.29 is 23.0 Å². The van der Waals surface area contributed by atoms with E-state index in [4.69, 9.17) is 10.5 Å². The Balaban J connectivity index is 2.06. The van der Waals surface area contributed by atoms with Crippen LogP contribution in [-0.2, 0) is 9.53 Å². The lowest BCUT2D eigenvalue weighted by atomic mass is 9.70. The molecule has 0 spiro atoms. The van der Waals surface area contributed by atoms with Gasteiger partial charge in [0.25, 0.3) is 0 Å². The molecule has 1 aromatic rings. The van der Waals surface area contributed by atoms with Crippen LogP contribution in [-0.4, -0.2) is 12.4 Å². The molecule has 0 bridgehead atoms. The molecule has 0 fully saturated rings. The van der Waals surface area contributed by atoms with Gasteiger partial charge in [-0.05, 0) is 23.1 Å². The van der Waals surface area contributed by atoms with Gasteiger partial charge in [0, 0.05) is 18.4 Å². The first-order valence-corrected chi connectivity index (χ1v) is 8.10. The summed E-state index contributed by atoms with van der Waals surface area (Å²) in [7, 11) is 0. The summed E-state index contributed by atoms with van der Waals surface area (Å²) in [5, 5.41) is 9.52. The lowest BCUT2D eigenvalue weighted by Crippen LogP contribution is -2.33. The average molecular weight is 360 g/mol. The largest absolute Gasteiger partial charge is 0.444 e. The number of nitrogens with two attached hydrogens (primary N) is 1. The minimum Gasteiger partial charge on any atom is -0.444 e. The van der Waals surface area contributed by atoms with E-state index in [1.807, 2.05) is 19.9 Å². The van der Waals surface area contributed by atoms with E-state index in [0.717, 1.165) is 0 Å². The number of nitriles is 1. The molecule has 7 heteroatoms. The van der Waals surface area contributed by atoms with Crippen LogP contribution in [0.15, 0.2) is 47.1 Å². The van der Waals surface area contributed by atoms with Crippen molar-refractivity contribution in [3.8, 4) is 11.8 Å². The standard InChI is InChI=1S/C19H18F2N2O3/c1-19(2)7-13(24)16-14(8-19)26-17(23)12(9-22)15(16)10-3-5-11(6-4-10)25-18(20)21/h3-6,15,18H,7-8,23H2,1-2H3/t15-/m0/s1. The summed E-state index contributed by atoms with van der Waals surface area (Å²) in [6.07, 6.45) is 0.855. The number of carbonyl (C=O) groups excluding carboxylic acids is 1. The number of rotatable bonds is 3. The highest BCUT2D eigenvalue weighted by Gasteiger charge is 2.42. The van der Waals surface area contributed by atoms with Gasteiger partial charge in [-0.15, -0.1) is 0 Å². The molecule has 1 aromatic carbocycles. The first-order valence-electron chi connectivity index (χ1n) is 8.10. The predicted molar refractivity (Wildman–Crippen MR) is 88.8 cm³/mol. The van der Waals surface area contributed by atoms with E-state index >= 15 is 0 Å². The van der Waals surface area contributed by atoms with Crippen LogP contribution >= 0.6 is 0 Å².